The summed E-state index contributed by atoms with van der Waals surface area (Å²) in [5.41, 5.74) is 0.616. The highest BCUT2D eigenvalue weighted by Gasteiger charge is 2.19. The Morgan fingerprint density at radius 2 is 1.40 bits per heavy atom. The van der Waals surface area contributed by atoms with Crippen LogP contribution in [0.25, 0.3) is 0 Å². The number of rotatable bonds is 0. The van der Waals surface area contributed by atoms with E-state index in [-0.39, 0.29) is 0 Å². The van der Waals surface area contributed by atoms with Crippen LogP contribution in [-0.4, -0.2) is 13.1 Å². The summed E-state index contributed by atoms with van der Waals surface area (Å²) >= 11 is 0. The fraction of sp³-hybridized carbons (Fsp3) is 1.00. The molecular formula is C9H21N. The molecule has 0 radical (unpaired) electrons. The molecule has 62 valence electrons. The largest absolute Gasteiger partial charge is 0.317 e. The van der Waals surface area contributed by atoms with Gasteiger partial charge in [0, 0.05) is 0 Å². The van der Waals surface area contributed by atoms with Crippen molar-refractivity contribution in [1.29, 1.82) is 0 Å². The Kier molecular flexibility index (Phi) is 4.71. The Morgan fingerprint density at radius 1 is 1.00 bits per heavy atom. The predicted molar refractivity (Wildman–Crippen MR) is 47.2 cm³/mol. The second kappa shape index (κ2) is 4.73. The Bertz CT molecular complexity index is 68.8. The van der Waals surface area contributed by atoms with Crippen molar-refractivity contribution in [2.75, 3.05) is 13.1 Å². The van der Waals surface area contributed by atoms with E-state index in [9.17, 15) is 0 Å². The average molecular weight is 143 g/mol. The number of nitrogens with one attached hydrogen (secondary N) is 1. The molecule has 0 aromatic carbocycles. The highest BCUT2D eigenvalue weighted by molar-refractivity contribution is 4.75. The maximum atomic E-state index is 3.34. The van der Waals surface area contributed by atoms with Gasteiger partial charge in [-0.05, 0) is 31.3 Å². The predicted octanol–water partition coefficient (Wildman–Crippen LogP) is 2.42. The Labute approximate surface area is 65.2 Å². The van der Waals surface area contributed by atoms with Gasteiger partial charge < -0.3 is 5.32 Å². The molecule has 0 saturated carbocycles. The van der Waals surface area contributed by atoms with Gasteiger partial charge >= 0.3 is 0 Å². The summed E-state index contributed by atoms with van der Waals surface area (Å²) < 4.78 is 0. The second-order valence-corrected chi connectivity index (χ2v) is 3.41. The van der Waals surface area contributed by atoms with E-state index in [0.29, 0.717) is 5.41 Å². The summed E-state index contributed by atoms with van der Waals surface area (Å²) in [4.78, 5) is 0. The van der Waals surface area contributed by atoms with Gasteiger partial charge in [-0.1, -0.05) is 27.7 Å². The lowest BCUT2D eigenvalue weighted by Crippen LogP contribution is -2.32. The Hall–Kier alpha value is -0.0400. The molecule has 1 N–H and O–H groups in total. The summed E-state index contributed by atoms with van der Waals surface area (Å²) in [6, 6.07) is 0. The quantitative estimate of drug-likeness (QED) is 0.549. The van der Waals surface area contributed by atoms with Crippen LogP contribution in [0, 0.1) is 5.41 Å². The van der Waals surface area contributed by atoms with E-state index < -0.39 is 0 Å². The fourth-order valence-corrected chi connectivity index (χ4v) is 1.10. The first kappa shape index (κ1) is 9.96. The molecule has 0 amide bonds. The van der Waals surface area contributed by atoms with Gasteiger partial charge in [-0.2, -0.15) is 0 Å². The third-order valence-electron chi connectivity index (χ3n) is 1.96. The van der Waals surface area contributed by atoms with Crippen LogP contribution in [-0.2, 0) is 0 Å². The van der Waals surface area contributed by atoms with Gasteiger partial charge in [-0.3, -0.25) is 0 Å². The minimum absolute atomic E-state index is 0.616. The lowest BCUT2D eigenvalue weighted by atomic mass is 9.83. The molecule has 1 aliphatic heterocycles. The minimum Gasteiger partial charge on any atom is -0.317 e. The zero-order valence-electron chi connectivity index (χ0n) is 7.83. The summed E-state index contributed by atoms with van der Waals surface area (Å²) in [5.74, 6) is 0. The van der Waals surface area contributed by atoms with E-state index in [0.717, 1.165) is 0 Å². The first-order valence-electron chi connectivity index (χ1n) is 4.41. The van der Waals surface area contributed by atoms with Gasteiger partial charge in [0.2, 0.25) is 0 Å². The van der Waals surface area contributed by atoms with E-state index in [2.05, 4.69) is 19.2 Å². The Balaban J connectivity index is 0.000000371. The monoisotopic (exact) mass is 143 g/mol. The van der Waals surface area contributed by atoms with Crippen molar-refractivity contribution in [3.8, 4) is 0 Å². The summed E-state index contributed by atoms with van der Waals surface area (Å²) in [5, 5.41) is 3.34. The van der Waals surface area contributed by atoms with Crippen molar-refractivity contribution in [2.24, 2.45) is 5.41 Å². The van der Waals surface area contributed by atoms with E-state index in [4.69, 9.17) is 0 Å². The van der Waals surface area contributed by atoms with Crippen molar-refractivity contribution in [2.45, 2.75) is 40.5 Å². The molecule has 0 atom stereocenters. The van der Waals surface area contributed by atoms with E-state index in [1.807, 2.05) is 13.8 Å². The molecule has 1 rings (SSSR count). The van der Waals surface area contributed by atoms with Crippen LogP contribution >= 0.6 is 0 Å². The molecule has 1 heteroatoms. The topological polar surface area (TPSA) is 12.0 Å². The molecule has 10 heavy (non-hydrogen) atoms. The first-order valence-corrected chi connectivity index (χ1v) is 4.41. The number of hydrogen-bond donors (Lipinski definition) is 1. The zero-order valence-corrected chi connectivity index (χ0v) is 7.83. The molecule has 1 saturated heterocycles. The normalized spacial score (nSPS) is 22.8. The van der Waals surface area contributed by atoms with Crippen molar-refractivity contribution < 1.29 is 0 Å². The van der Waals surface area contributed by atoms with Gasteiger partial charge in [0.15, 0.2) is 0 Å². The van der Waals surface area contributed by atoms with E-state index >= 15 is 0 Å². The molecule has 0 unspecified atom stereocenters. The molecule has 0 bridgehead atoms. The summed E-state index contributed by atoms with van der Waals surface area (Å²) in [6.07, 6.45) is 2.68. The standard InChI is InChI=1S/C7H15N.C2H6/c1-7(2)3-5-8-6-4-7;1-2/h8H,3-6H2,1-2H3;1-2H3. The zero-order chi connectivity index (χ0) is 8.04. The highest BCUT2D eigenvalue weighted by Crippen LogP contribution is 2.25. The lowest BCUT2D eigenvalue weighted by Gasteiger charge is -2.29. The van der Waals surface area contributed by atoms with Gasteiger partial charge in [0.05, 0.1) is 0 Å². The molecule has 0 spiro atoms. The number of piperidine rings is 1. The van der Waals surface area contributed by atoms with Crippen LogP contribution in [0.4, 0.5) is 0 Å². The van der Waals surface area contributed by atoms with E-state index in [1.54, 1.807) is 0 Å². The first-order chi connectivity index (χ1) is 4.71. The van der Waals surface area contributed by atoms with Gasteiger partial charge in [-0.15, -0.1) is 0 Å². The number of hydrogen-bond acceptors (Lipinski definition) is 1. The third-order valence-corrected chi connectivity index (χ3v) is 1.96. The molecule has 1 aliphatic rings. The van der Waals surface area contributed by atoms with Gasteiger partial charge in [0.25, 0.3) is 0 Å². The smallest absolute Gasteiger partial charge is 0.00438 e. The Morgan fingerprint density at radius 3 is 1.60 bits per heavy atom. The van der Waals surface area contributed by atoms with Crippen LogP contribution in [0.15, 0.2) is 0 Å². The van der Waals surface area contributed by atoms with Crippen molar-refractivity contribution in [3.05, 3.63) is 0 Å². The van der Waals surface area contributed by atoms with Crippen molar-refractivity contribution >= 4 is 0 Å². The average Bonchev–Trinajstić information content (AvgIpc) is 1.92. The molecule has 0 aliphatic carbocycles. The van der Waals surface area contributed by atoms with Crippen LogP contribution < -0.4 is 5.32 Å². The highest BCUT2D eigenvalue weighted by atomic mass is 14.9. The van der Waals surface area contributed by atoms with Gasteiger partial charge in [0.1, 0.15) is 0 Å². The maximum absolute atomic E-state index is 3.34. The van der Waals surface area contributed by atoms with Crippen molar-refractivity contribution in [1.82, 2.24) is 5.32 Å². The fourth-order valence-electron chi connectivity index (χ4n) is 1.10. The molecule has 0 aromatic rings. The SMILES string of the molecule is CC.CC1(C)CCNCC1. The molecule has 1 heterocycles. The van der Waals surface area contributed by atoms with Crippen LogP contribution in [0.3, 0.4) is 0 Å². The third kappa shape index (κ3) is 3.89. The maximum Gasteiger partial charge on any atom is -0.00438 e. The molecule has 0 aromatic heterocycles. The van der Waals surface area contributed by atoms with Crippen LogP contribution in [0.1, 0.15) is 40.5 Å². The molecular weight excluding hydrogens is 122 g/mol. The molecule has 1 fully saturated rings. The van der Waals surface area contributed by atoms with Crippen molar-refractivity contribution in [3.63, 3.8) is 0 Å². The molecule has 1 nitrogen and oxygen atoms in total. The summed E-state index contributed by atoms with van der Waals surface area (Å²) in [6.45, 7) is 11.1. The second-order valence-electron chi connectivity index (χ2n) is 3.41. The summed E-state index contributed by atoms with van der Waals surface area (Å²) in [7, 11) is 0. The minimum atomic E-state index is 0.616. The van der Waals surface area contributed by atoms with Crippen LogP contribution in [0.2, 0.25) is 0 Å². The van der Waals surface area contributed by atoms with E-state index in [1.165, 1.54) is 25.9 Å². The lowest BCUT2D eigenvalue weighted by molar-refractivity contribution is 0.259. The van der Waals surface area contributed by atoms with Crippen LogP contribution in [0.5, 0.6) is 0 Å². The van der Waals surface area contributed by atoms with Gasteiger partial charge in [-0.25, -0.2) is 0 Å².